The van der Waals surface area contributed by atoms with Crippen LogP contribution < -0.4 is 0 Å². The van der Waals surface area contributed by atoms with Gasteiger partial charge in [-0.2, -0.15) is 8.42 Å². The average molecular weight is 324 g/mol. The molecule has 0 bridgehead atoms. The van der Waals surface area contributed by atoms with Crippen LogP contribution in [0.4, 0.5) is 0 Å². The summed E-state index contributed by atoms with van der Waals surface area (Å²) in [5.41, 5.74) is 0.166. The second-order valence-electron chi connectivity index (χ2n) is 5.02. The van der Waals surface area contributed by atoms with Gasteiger partial charge in [-0.15, -0.1) is 0 Å². The largest absolute Gasteiger partial charge is 0.409 e. The van der Waals surface area contributed by atoms with Crippen LogP contribution in [-0.2, 0) is 19.6 Å². The topological polar surface area (TPSA) is 101 Å². The number of carbonyl (C=O) groups is 1. The Morgan fingerprint density at radius 3 is 2.00 bits per heavy atom. The lowest BCUT2D eigenvalue weighted by atomic mass is 10.2. The van der Waals surface area contributed by atoms with E-state index in [9.17, 15) is 22.9 Å². The number of esters is 1. The summed E-state index contributed by atoms with van der Waals surface area (Å²) in [4.78, 5) is 11.7. The molecule has 0 aliphatic rings. The minimum absolute atomic E-state index is 0.144. The van der Waals surface area contributed by atoms with E-state index in [-0.39, 0.29) is 25.1 Å². The monoisotopic (exact) mass is 324 g/mol. The fourth-order valence-corrected chi connectivity index (χ4v) is 3.83. The maximum atomic E-state index is 11.7. The van der Waals surface area contributed by atoms with E-state index < -0.39 is 31.9 Å². The molecule has 0 aromatic rings. The molecule has 2 N–H and O–H groups in total. The third-order valence-corrected chi connectivity index (χ3v) is 5.50. The van der Waals surface area contributed by atoms with E-state index in [0.29, 0.717) is 0 Å². The van der Waals surface area contributed by atoms with Crippen molar-refractivity contribution in [3.8, 4) is 0 Å². The SMILES string of the molecule is C=C(C)C(=O)OC(C)[N+](CC)(CC)C(O)(CC)S(=O)(=O)O. The second kappa shape index (κ2) is 6.87. The van der Waals surface area contributed by atoms with Crippen molar-refractivity contribution in [2.45, 2.75) is 52.3 Å². The van der Waals surface area contributed by atoms with Crippen LogP contribution in [0.1, 0.15) is 41.0 Å². The van der Waals surface area contributed by atoms with Crippen molar-refractivity contribution in [1.82, 2.24) is 0 Å². The molecule has 2 unspecified atom stereocenters. The number of carbonyl (C=O) groups excluding carboxylic acids is 1. The molecule has 0 aromatic carbocycles. The standard InChI is InChI=1S/C13H25NO6S/c1-7-13(16,21(17,18)19)14(8-2,9-3)11(6)20-12(15)10(4)5/h11,16H,4,7-9H2,1-3,5-6H3/p+1. The van der Waals surface area contributed by atoms with E-state index >= 15 is 0 Å². The van der Waals surface area contributed by atoms with Crippen molar-refractivity contribution in [2.75, 3.05) is 13.1 Å². The normalized spacial score (nSPS) is 16.9. The van der Waals surface area contributed by atoms with Crippen molar-refractivity contribution >= 4 is 16.1 Å². The molecule has 0 saturated heterocycles. The molecule has 0 saturated carbocycles. The number of ether oxygens (including phenoxy) is 1. The first kappa shape index (κ1) is 20.0. The van der Waals surface area contributed by atoms with Crippen LogP contribution in [0.3, 0.4) is 0 Å². The van der Waals surface area contributed by atoms with Crippen molar-refractivity contribution in [3.05, 3.63) is 12.2 Å². The lowest BCUT2D eigenvalue weighted by Gasteiger charge is -2.49. The van der Waals surface area contributed by atoms with Crippen LogP contribution >= 0.6 is 0 Å². The smallest absolute Gasteiger partial charge is 0.350 e. The zero-order valence-corrected chi connectivity index (χ0v) is 14.1. The highest BCUT2D eigenvalue weighted by Gasteiger charge is 2.60. The average Bonchev–Trinajstić information content (AvgIpc) is 2.38. The van der Waals surface area contributed by atoms with Crippen LogP contribution in [0.2, 0.25) is 0 Å². The van der Waals surface area contributed by atoms with Crippen LogP contribution in [0.25, 0.3) is 0 Å². The first-order valence-electron chi connectivity index (χ1n) is 6.86. The van der Waals surface area contributed by atoms with Gasteiger partial charge in [-0.3, -0.25) is 4.55 Å². The van der Waals surface area contributed by atoms with Crippen molar-refractivity contribution in [3.63, 3.8) is 0 Å². The summed E-state index contributed by atoms with van der Waals surface area (Å²) in [7, 11) is -4.78. The Kier molecular flexibility index (Phi) is 6.55. The summed E-state index contributed by atoms with van der Waals surface area (Å²) in [5, 5.41) is 8.16. The fourth-order valence-electron chi connectivity index (χ4n) is 2.60. The zero-order chi connectivity index (χ0) is 17.1. The number of aliphatic hydroxyl groups is 1. The maximum Gasteiger partial charge on any atom is 0.350 e. The Labute approximate surface area is 126 Å². The quantitative estimate of drug-likeness (QED) is 0.229. The molecule has 0 fully saturated rings. The summed E-state index contributed by atoms with van der Waals surface area (Å²) in [6, 6.07) is 0. The van der Waals surface area contributed by atoms with Crippen molar-refractivity contribution in [2.24, 2.45) is 0 Å². The van der Waals surface area contributed by atoms with E-state index in [1.165, 1.54) is 20.8 Å². The lowest BCUT2D eigenvalue weighted by Crippen LogP contribution is -2.71. The lowest BCUT2D eigenvalue weighted by molar-refractivity contribution is -1.02. The van der Waals surface area contributed by atoms with E-state index in [1.54, 1.807) is 13.8 Å². The molecule has 0 aliphatic heterocycles. The molecule has 0 heterocycles. The van der Waals surface area contributed by atoms with Gasteiger partial charge in [-0.05, 0) is 20.8 Å². The molecule has 2 atom stereocenters. The molecule has 8 heteroatoms. The van der Waals surface area contributed by atoms with Crippen LogP contribution in [0.5, 0.6) is 0 Å². The molecule has 0 aromatic heterocycles. The first-order chi connectivity index (χ1) is 9.43. The van der Waals surface area contributed by atoms with E-state index in [2.05, 4.69) is 6.58 Å². The van der Waals surface area contributed by atoms with Crippen LogP contribution in [-0.4, -0.2) is 52.9 Å². The van der Waals surface area contributed by atoms with E-state index in [1.807, 2.05) is 0 Å². The second-order valence-corrected chi connectivity index (χ2v) is 6.63. The molecular weight excluding hydrogens is 298 g/mol. The first-order valence-corrected chi connectivity index (χ1v) is 8.30. The third kappa shape index (κ3) is 3.45. The molecule has 0 amide bonds. The highest BCUT2D eigenvalue weighted by molar-refractivity contribution is 7.86. The summed E-state index contributed by atoms with van der Waals surface area (Å²) < 4.78 is 37.6. The van der Waals surface area contributed by atoms with Crippen LogP contribution in [0, 0.1) is 0 Å². The molecule has 0 rings (SSSR count). The Bertz CT molecular complexity index is 497. The highest BCUT2D eigenvalue weighted by atomic mass is 32.2. The summed E-state index contributed by atoms with van der Waals surface area (Å²) >= 11 is 0. The number of quaternary nitrogens is 1. The summed E-state index contributed by atoms with van der Waals surface area (Å²) in [5.74, 6) is -0.680. The van der Waals surface area contributed by atoms with Gasteiger partial charge in [-0.25, -0.2) is 9.28 Å². The number of nitrogens with zero attached hydrogens (tertiary/aromatic N) is 1. The fraction of sp³-hybridized carbons (Fsp3) is 0.769. The third-order valence-electron chi connectivity index (χ3n) is 4.02. The van der Waals surface area contributed by atoms with Crippen LogP contribution in [0.15, 0.2) is 12.2 Å². The van der Waals surface area contributed by atoms with Gasteiger partial charge in [0.2, 0.25) is 6.23 Å². The van der Waals surface area contributed by atoms with Gasteiger partial charge in [0.1, 0.15) is 0 Å². The summed E-state index contributed by atoms with van der Waals surface area (Å²) in [6.45, 7) is 11.5. The van der Waals surface area contributed by atoms with E-state index in [0.717, 1.165) is 0 Å². The van der Waals surface area contributed by atoms with Gasteiger partial charge < -0.3 is 9.84 Å². The predicted molar refractivity (Wildman–Crippen MR) is 78.5 cm³/mol. The van der Waals surface area contributed by atoms with E-state index in [4.69, 9.17) is 4.74 Å². The predicted octanol–water partition coefficient (Wildman–Crippen LogP) is 1.25. The maximum absolute atomic E-state index is 11.7. The van der Waals surface area contributed by atoms with Gasteiger partial charge in [0.05, 0.1) is 13.1 Å². The molecule has 0 spiro atoms. The van der Waals surface area contributed by atoms with Crippen molar-refractivity contribution in [1.29, 1.82) is 0 Å². The van der Waals surface area contributed by atoms with Gasteiger partial charge >= 0.3 is 21.1 Å². The molecule has 7 nitrogen and oxygen atoms in total. The Balaban J connectivity index is 5.93. The minimum Gasteiger partial charge on any atom is -0.409 e. The number of hydrogen-bond acceptors (Lipinski definition) is 5. The van der Waals surface area contributed by atoms with Gasteiger partial charge in [-0.1, -0.05) is 13.5 Å². The minimum atomic E-state index is -4.78. The molecule has 0 aliphatic carbocycles. The van der Waals surface area contributed by atoms with Gasteiger partial charge in [0, 0.05) is 18.9 Å². The Hall–Kier alpha value is -0.960. The Morgan fingerprint density at radius 1 is 1.33 bits per heavy atom. The van der Waals surface area contributed by atoms with Gasteiger partial charge in [0.15, 0.2) is 0 Å². The highest BCUT2D eigenvalue weighted by Crippen LogP contribution is 2.34. The molecular formula is C13H26NO6S+. The Morgan fingerprint density at radius 2 is 1.76 bits per heavy atom. The van der Waals surface area contributed by atoms with Crippen molar-refractivity contribution < 1.29 is 32.1 Å². The summed E-state index contributed by atoms with van der Waals surface area (Å²) in [6.07, 6.45) is -1.22. The number of hydrogen-bond donors (Lipinski definition) is 2. The number of rotatable bonds is 8. The molecule has 21 heavy (non-hydrogen) atoms. The zero-order valence-electron chi connectivity index (χ0n) is 13.3. The molecule has 124 valence electrons. The molecule has 0 radical (unpaired) electrons. The van der Waals surface area contributed by atoms with Gasteiger partial charge in [0.25, 0.3) is 0 Å².